The molecule has 0 saturated heterocycles. The zero-order chi connectivity index (χ0) is 14.1. The second-order valence-corrected chi connectivity index (χ2v) is 5.06. The maximum atomic E-state index is 11.5. The molecule has 1 aromatic carbocycles. The number of quaternary nitrogens is 1. The summed E-state index contributed by atoms with van der Waals surface area (Å²) in [5, 5.41) is 0. The molecule has 0 saturated carbocycles. The van der Waals surface area contributed by atoms with Gasteiger partial charge in [-0.1, -0.05) is 49.1 Å². The van der Waals surface area contributed by atoms with Crippen LogP contribution in [0.15, 0.2) is 49.1 Å². The lowest BCUT2D eigenvalue weighted by molar-refractivity contribution is -0.877. The van der Waals surface area contributed by atoms with Gasteiger partial charge in [-0.25, -0.2) is 4.79 Å². The SMILES string of the molecule is C=CCOC(=O)C[N+](C)(C)C/C=C/c1ccccc1. The van der Waals surface area contributed by atoms with Gasteiger partial charge in [-0.15, -0.1) is 0 Å². The molecule has 3 heteroatoms. The Hall–Kier alpha value is -1.87. The third-order valence-electron chi connectivity index (χ3n) is 2.63. The van der Waals surface area contributed by atoms with Crippen molar-refractivity contribution in [2.75, 3.05) is 33.8 Å². The fourth-order valence-corrected chi connectivity index (χ4v) is 1.65. The van der Waals surface area contributed by atoms with Crippen LogP contribution in [0.3, 0.4) is 0 Å². The zero-order valence-corrected chi connectivity index (χ0v) is 11.7. The van der Waals surface area contributed by atoms with Crippen LogP contribution < -0.4 is 0 Å². The Morgan fingerprint density at radius 3 is 2.63 bits per heavy atom. The monoisotopic (exact) mass is 260 g/mol. The quantitative estimate of drug-likeness (QED) is 0.428. The molecule has 0 aromatic heterocycles. The molecule has 0 aliphatic rings. The highest BCUT2D eigenvalue weighted by atomic mass is 16.5. The van der Waals surface area contributed by atoms with E-state index in [0.29, 0.717) is 11.0 Å². The van der Waals surface area contributed by atoms with Crippen LogP contribution in [0.1, 0.15) is 5.56 Å². The summed E-state index contributed by atoms with van der Waals surface area (Å²) >= 11 is 0. The van der Waals surface area contributed by atoms with Gasteiger partial charge in [-0.05, 0) is 11.6 Å². The minimum atomic E-state index is -0.196. The Balaban J connectivity index is 2.44. The van der Waals surface area contributed by atoms with Gasteiger partial charge in [-0.3, -0.25) is 0 Å². The van der Waals surface area contributed by atoms with Crippen LogP contribution in [0.5, 0.6) is 0 Å². The van der Waals surface area contributed by atoms with Crippen molar-refractivity contribution in [1.29, 1.82) is 0 Å². The highest BCUT2D eigenvalue weighted by Gasteiger charge is 2.19. The van der Waals surface area contributed by atoms with Crippen LogP contribution in [0.2, 0.25) is 0 Å². The molecular formula is C16H22NO2+. The average Bonchev–Trinajstić information content (AvgIpc) is 2.37. The summed E-state index contributed by atoms with van der Waals surface area (Å²) in [5.74, 6) is -0.196. The van der Waals surface area contributed by atoms with E-state index in [9.17, 15) is 4.79 Å². The van der Waals surface area contributed by atoms with Crippen molar-refractivity contribution >= 4 is 12.0 Å². The van der Waals surface area contributed by atoms with Gasteiger partial charge in [0.1, 0.15) is 6.61 Å². The lowest BCUT2D eigenvalue weighted by Gasteiger charge is -2.26. The van der Waals surface area contributed by atoms with E-state index in [2.05, 4.69) is 30.9 Å². The number of carbonyl (C=O) groups excluding carboxylic acids is 1. The number of benzene rings is 1. The van der Waals surface area contributed by atoms with E-state index in [-0.39, 0.29) is 12.6 Å². The molecule has 1 aromatic rings. The zero-order valence-electron chi connectivity index (χ0n) is 11.7. The van der Waals surface area contributed by atoms with Gasteiger partial charge in [0.2, 0.25) is 0 Å². The molecule has 0 radical (unpaired) electrons. The Bertz CT molecular complexity index is 435. The maximum Gasteiger partial charge on any atom is 0.362 e. The summed E-state index contributed by atoms with van der Waals surface area (Å²) in [7, 11) is 4.01. The molecule has 0 aliphatic carbocycles. The van der Waals surface area contributed by atoms with Crippen LogP contribution in [-0.2, 0) is 9.53 Å². The molecule has 0 unspecified atom stereocenters. The molecule has 19 heavy (non-hydrogen) atoms. The summed E-state index contributed by atoms with van der Waals surface area (Å²) in [5.41, 5.74) is 1.16. The van der Waals surface area contributed by atoms with Crippen molar-refractivity contribution in [3.8, 4) is 0 Å². The highest BCUT2D eigenvalue weighted by Crippen LogP contribution is 2.04. The normalized spacial score (nSPS) is 11.5. The standard InChI is InChI=1S/C16H22NO2/c1-4-13-19-16(18)14-17(2,3)12-8-11-15-9-6-5-7-10-15/h4-11H,1,12-14H2,2-3H3/q+1/b11-8+. The van der Waals surface area contributed by atoms with Crippen molar-refractivity contribution in [3.63, 3.8) is 0 Å². The molecule has 1 rings (SSSR count). The van der Waals surface area contributed by atoms with E-state index < -0.39 is 0 Å². The summed E-state index contributed by atoms with van der Waals surface area (Å²) < 4.78 is 5.56. The van der Waals surface area contributed by atoms with Crippen LogP contribution in [0.4, 0.5) is 0 Å². The molecular weight excluding hydrogens is 238 g/mol. The van der Waals surface area contributed by atoms with Gasteiger partial charge < -0.3 is 9.22 Å². The number of nitrogens with zero attached hydrogens (tertiary/aromatic N) is 1. The molecule has 0 atom stereocenters. The summed E-state index contributed by atoms with van der Waals surface area (Å²) in [6, 6.07) is 10.1. The van der Waals surface area contributed by atoms with E-state index in [0.717, 1.165) is 12.1 Å². The molecule has 0 bridgehead atoms. The Labute approximate surface area is 115 Å². The molecule has 0 heterocycles. The topological polar surface area (TPSA) is 26.3 Å². The third kappa shape index (κ3) is 6.58. The first-order valence-corrected chi connectivity index (χ1v) is 6.33. The van der Waals surface area contributed by atoms with Crippen molar-refractivity contribution in [3.05, 3.63) is 54.6 Å². The Morgan fingerprint density at radius 1 is 1.32 bits per heavy atom. The van der Waals surface area contributed by atoms with E-state index in [1.54, 1.807) is 6.08 Å². The molecule has 0 fully saturated rings. The lowest BCUT2D eigenvalue weighted by atomic mass is 10.2. The fourth-order valence-electron chi connectivity index (χ4n) is 1.65. The molecule has 0 spiro atoms. The molecule has 3 nitrogen and oxygen atoms in total. The number of esters is 1. The van der Waals surface area contributed by atoms with Gasteiger partial charge in [0, 0.05) is 0 Å². The van der Waals surface area contributed by atoms with E-state index in [1.165, 1.54) is 0 Å². The summed E-state index contributed by atoms with van der Waals surface area (Å²) in [6.45, 7) is 4.93. The number of rotatable bonds is 7. The van der Waals surface area contributed by atoms with Crippen molar-refractivity contribution in [2.45, 2.75) is 0 Å². The average molecular weight is 260 g/mol. The van der Waals surface area contributed by atoms with Crippen LogP contribution >= 0.6 is 0 Å². The van der Waals surface area contributed by atoms with E-state index in [4.69, 9.17) is 4.74 Å². The highest BCUT2D eigenvalue weighted by molar-refractivity contribution is 5.70. The number of hydrogen-bond acceptors (Lipinski definition) is 2. The van der Waals surface area contributed by atoms with E-state index >= 15 is 0 Å². The fraction of sp³-hybridized carbons (Fsp3) is 0.312. The number of likely N-dealkylation sites (N-methyl/N-ethyl adjacent to an activating group) is 1. The van der Waals surface area contributed by atoms with Gasteiger partial charge in [0.05, 0.1) is 20.6 Å². The number of carbonyl (C=O) groups is 1. The van der Waals surface area contributed by atoms with Crippen LogP contribution in [-0.4, -0.2) is 44.2 Å². The van der Waals surface area contributed by atoms with Gasteiger partial charge >= 0.3 is 5.97 Å². The van der Waals surface area contributed by atoms with Crippen molar-refractivity contribution < 1.29 is 14.0 Å². The predicted molar refractivity (Wildman–Crippen MR) is 78.5 cm³/mol. The lowest BCUT2D eigenvalue weighted by Crippen LogP contribution is -2.44. The summed E-state index contributed by atoms with van der Waals surface area (Å²) in [6.07, 6.45) is 5.72. The van der Waals surface area contributed by atoms with Gasteiger partial charge in [-0.2, -0.15) is 0 Å². The molecule has 0 aliphatic heterocycles. The first-order valence-electron chi connectivity index (χ1n) is 6.33. The van der Waals surface area contributed by atoms with Crippen LogP contribution in [0.25, 0.3) is 6.08 Å². The maximum absolute atomic E-state index is 11.5. The predicted octanol–water partition coefficient (Wildman–Crippen LogP) is 2.51. The number of hydrogen-bond donors (Lipinski definition) is 0. The third-order valence-corrected chi connectivity index (χ3v) is 2.63. The van der Waals surface area contributed by atoms with Crippen LogP contribution in [0, 0.1) is 0 Å². The second kappa shape index (κ2) is 7.54. The molecule has 0 amide bonds. The minimum Gasteiger partial charge on any atom is -0.457 e. The first kappa shape index (κ1) is 15.2. The van der Waals surface area contributed by atoms with Gasteiger partial charge in [0.25, 0.3) is 0 Å². The second-order valence-electron chi connectivity index (χ2n) is 5.06. The van der Waals surface area contributed by atoms with Crippen molar-refractivity contribution in [1.82, 2.24) is 0 Å². The smallest absolute Gasteiger partial charge is 0.362 e. The summed E-state index contributed by atoms with van der Waals surface area (Å²) in [4.78, 5) is 11.5. The molecule has 0 N–H and O–H groups in total. The van der Waals surface area contributed by atoms with Crippen molar-refractivity contribution in [2.24, 2.45) is 0 Å². The largest absolute Gasteiger partial charge is 0.457 e. The number of ether oxygens (including phenoxy) is 1. The Kier molecular flexibility index (Phi) is 6.03. The minimum absolute atomic E-state index is 0.196. The van der Waals surface area contributed by atoms with E-state index in [1.807, 2.05) is 32.3 Å². The molecule has 102 valence electrons. The first-order chi connectivity index (χ1) is 9.03. The van der Waals surface area contributed by atoms with Gasteiger partial charge in [0.15, 0.2) is 6.54 Å². The Morgan fingerprint density at radius 2 is 2.00 bits per heavy atom.